The number of phenols is 1. The molecule has 0 aliphatic heterocycles. The fourth-order valence-corrected chi connectivity index (χ4v) is 1.86. The Morgan fingerprint density at radius 1 is 1.19 bits per heavy atom. The maximum atomic E-state index is 11.1. The summed E-state index contributed by atoms with van der Waals surface area (Å²) in [6.07, 6.45) is 1.05. The Balaban J connectivity index is 1.98. The number of ether oxygens (including phenoxy) is 1. The largest absolute Gasteiger partial charge is 0.505 e. The van der Waals surface area contributed by atoms with Crippen LogP contribution in [0.2, 0.25) is 0 Å². The first kappa shape index (κ1) is 12.9. The highest BCUT2D eigenvalue weighted by molar-refractivity contribution is 5.83. The average molecular weight is 281 g/mol. The zero-order valence-corrected chi connectivity index (χ0v) is 10.9. The second kappa shape index (κ2) is 5.09. The van der Waals surface area contributed by atoms with Crippen LogP contribution in [0.4, 0.5) is 0 Å². The van der Waals surface area contributed by atoms with Crippen molar-refractivity contribution in [2.75, 3.05) is 0 Å². The van der Waals surface area contributed by atoms with Gasteiger partial charge >= 0.3 is 5.97 Å². The highest BCUT2D eigenvalue weighted by atomic mass is 16.5. The molecule has 0 bridgehead atoms. The molecule has 3 aromatic rings. The highest BCUT2D eigenvalue weighted by Gasteiger charge is 2.10. The second-order valence-corrected chi connectivity index (χ2v) is 4.25. The molecule has 0 aliphatic rings. The number of hydrogen-bond donors (Lipinski definition) is 1. The van der Waals surface area contributed by atoms with Crippen LogP contribution in [0.1, 0.15) is 0 Å². The van der Waals surface area contributed by atoms with Gasteiger partial charge in [-0.2, -0.15) is 0 Å². The minimum absolute atomic E-state index is 0.0929. The number of rotatable bonds is 3. The third-order valence-electron chi connectivity index (χ3n) is 2.83. The van der Waals surface area contributed by atoms with Gasteiger partial charge in [-0.3, -0.25) is 0 Å². The van der Waals surface area contributed by atoms with Gasteiger partial charge in [0.25, 0.3) is 0 Å². The van der Waals surface area contributed by atoms with E-state index in [2.05, 4.69) is 16.8 Å². The molecule has 2 aromatic carbocycles. The quantitative estimate of drug-likeness (QED) is 0.452. The monoisotopic (exact) mass is 281 g/mol. The van der Waals surface area contributed by atoms with Crippen molar-refractivity contribution in [3.8, 4) is 17.2 Å². The number of nitrogens with zero attached hydrogens (tertiary/aromatic N) is 3. The van der Waals surface area contributed by atoms with Crippen LogP contribution in [0, 0.1) is 0 Å². The second-order valence-electron chi connectivity index (χ2n) is 4.25. The maximum Gasteiger partial charge on any atom is 0.335 e. The predicted molar refractivity (Wildman–Crippen MR) is 76.4 cm³/mol. The van der Waals surface area contributed by atoms with E-state index < -0.39 is 5.97 Å². The van der Waals surface area contributed by atoms with Gasteiger partial charge in [-0.1, -0.05) is 18.7 Å². The summed E-state index contributed by atoms with van der Waals surface area (Å²) in [5, 5.41) is 18.6. The molecule has 6 heteroatoms. The molecule has 0 atom stereocenters. The average Bonchev–Trinajstić information content (AvgIpc) is 2.90. The van der Waals surface area contributed by atoms with Crippen LogP contribution in [0.15, 0.2) is 55.1 Å². The van der Waals surface area contributed by atoms with E-state index >= 15 is 0 Å². The van der Waals surface area contributed by atoms with E-state index in [0.29, 0.717) is 5.69 Å². The number of fused-ring (bicyclic) bond motifs is 1. The van der Waals surface area contributed by atoms with Crippen molar-refractivity contribution < 1.29 is 14.6 Å². The summed E-state index contributed by atoms with van der Waals surface area (Å²) in [5.41, 5.74) is 1.84. The summed E-state index contributed by atoms with van der Waals surface area (Å²) in [7, 11) is 0. The standard InChI is InChI=1S/C15H11N3O3/c1-2-15(20)21-10-7-8-13(14(19)9-10)18-16-11-5-3-4-6-12(11)17-18/h2-9,19H,1H2. The summed E-state index contributed by atoms with van der Waals surface area (Å²) in [4.78, 5) is 12.4. The SMILES string of the molecule is C=CC(=O)Oc1ccc(-n2nc3ccccc3n2)c(O)c1. The zero-order chi connectivity index (χ0) is 14.8. The Hall–Kier alpha value is -3.15. The maximum absolute atomic E-state index is 11.1. The molecule has 0 radical (unpaired) electrons. The number of esters is 1. The lowest BCUT2D eigenvalue weighted by Gasteiger charge is -2.05. The first-order valence-corrected chi connectivity index (χ1v) is 6.17. The molecule has 1 aromatic heterocycles. The van der Waals surface area contributed by atoms with E-state index in [0.717, 1.165) is 17.1 Å². The van der Waals surface area contributed by atoms with Gasteiger partial charge in [0.2, 0.25) is 0 Å². The molecule has 0 unspecified atom stereocenters. The van der Waals surface area contributed by atoms with Crippen molar-refractivity contribution in [2.45, 2.75) is 0 Å². The summed E-state index contributed by atoms with van der Waals surface area (Å²) in [6.45, 7) is 3.31. The lowest BCUT2D eigenvalue weighted by Crippen LogP contribution is -2.04. The van der Waals surface area contributed by atoms with Gasteiger partial charge in [0.15, 0.2) is 0 Å². The van der Waals surface area contributed by atoms with Gasteiger partial charge in [0.05, 0.1) is 0 Å². The third-order valence-corrected chi connectivity index (χ3v) is 2.83. The van der Waals surface area contributed by atoms with Gasteiger partial charge in [-0.15, -0.1) is 15.0 Å². The normalized spacial score (nSPS) is 10.5. The number of aromatic hydroxyl groups is 1. The van der Waals surface area contributed by atoms with E-state index in [-0.39, 0.29) is 11.5 Å². The Labute approximate surface area is 119 Å². The van der Waals surface area contributed by atoms with Crippen LogP contribution in [0.5, 0.6) is 11.5 Å². The van der Waals surface area contributed by atoms with Crippen LogP contribution in [-0.4, -0.2) is 26.1 Å². The Kier molecular flexibility index (Phi) is 3.12. The number of aromatic nitrogens is 3. The molecule has 1 N–H and O–H groups in total. The third kappa shape index (κ3) is 2.46. The Morgan fingerprint density at radius 2 is 1.86 bits per heavy atom. The van der Waals surface area contributed by atoms with Crippen LogP contribution < -0.4 is 4.74 Å². The first-order chi connectivity index (χ1) is 10.2. The molecule has 0 fully saturated rings. The minimum Gasteiger partial charge on any atom is -0.505 e. The predicted octanol–water partition coefficient (Wildman–Crippen LogP) is 2.22. The van der Waals surface area contributed by atoms with Crippen molar-refractivity contribution in [3.05, 3.63) is 55.1 Å². The summed E-state index contributed by atoms with van der Waals surface area (Å²) >= 11 is 0. The molecule has 21 heavy (non-hydrogen) atoms. The van der Waals surface area contributed by atoms with Crippen molar-refractivity contribution in [3.63, 3.8) is 0 Å². The summed E-state index contributed by atoms with van der Waals surface area (Å²) in [5.74, 6) is -0.465. The Bertz CT molecular complexity index is 806. The van der Waals surface area contributed by atoms with E-state index in [9.17, 15) is 9.90 Å². The minimum atomic E-state index is -0.592. The number of carbonyl (C=O) groups is 1. The van der Waals surface area contributed by atoms with Crippen molar-refractivity contribution in [1.82, 2.24) is 15.0 Å². The van der Waals surface area contributed by atoms with E-state index in [1.54, 1.807) is 12.1 Å². The van der Waals surface area contributed by atoms with E-state index in [4.69, 9.17) is 4.74 Å². The lowest BCUT2D eigenvalue weighted by atomic mass is 10.3. The number of hydrogen-bond acceptors (Lipinski definition) is 5. The molecule has 104 valence electrons. The molecule has 6 nitrogen and oxygen atoms in total. The molecule has 0 aliphatic carbocycles. The van der Waals surface area contributed by atoms with Gasteiger partial charge in [-0.05, 0) is 24.3 Å². The molecule has 0 spiro atoms. The molecular weight excluding hydrogens is 270 g/mol. The number of phenolic OH excluding ortho intramolecular Hbond substituents is 1. The molecule has 0 saturated heterocycles. The molecular formula is C15H11N3O3. The van der Waals surface area contributed by atoms with Crippen LogP contribution in [0.25, 0.3) is 16.7 Å². The summed E-state index contributed by atoms with van der Waals surface area (Å²) in [6, 6.07) is 11.8. The van der Waals surface area contributed by atoms with Crippen LogP contribution in [-0.2, 0) is 4.79 Å². The molecule has 3 rings (SSSR count). The Morgan fingerprint density at radius 3 is 2.43 bits per heavy atom. The number of benzene rings is 2. The van der Waals surface area contributed by atoms with Crippen molar-refractivity contribution in [1.29, 1.82) is 0 Å². The number of carbonyl (C=O) groups excluding carboxylic acids is 1. The summed E-state index contributed by atoms with van der Waals surface area (Å²) < 4.78 is 4.93. The van der Waals surface area contributed by atoms with Gasteiger partial charge < -0.3 is 9.84 Å². The van der Waals surface area contributed by atoms with E-state index in [1.807, 2.05) is 24.3 Å². The smallest absolute Gasteiger partial charge is 0.335 e. The van der Waals surface area contributed by atoms with Crippen LogP contribution in [0.3, 0.4) is 0 Å². The topological polar surface area (TPSA) is 77.2 Å². The van der Waals surface area contributed by atoms with Crippen LogP contribution >= 0.6 is 0 Å². The van der Waals surface area contributed by atoms with Gasteiger partial charge in [0, 0.05) is 12.1 Å². The van der Waals surface area contributed by atoms with Gasteiger partial charge in [0.1, 0.15) is 28.2 Å². The fraction of sp³-hybridized carbons (Fsp3) is 0. The zero-order valence-electron chi connectivity index (χ0n) is 10.9. The van der Waals surface area contributed by atoms with Crippen molar-refractivity contribution >= 4 is 17.0 Å². The lowest BCUT2D eigenvalue weighted by molar-refractivity contribution is -0.128. The highest BCUT2D eigenvalue weighted by Crippen LogP contribution is 2.26. The molecule has 1 heterocycles. The van der Waals surface area contributed by atoms with E-state index in [1.165, 1.54) is 10.9 Å². The fourth-order valence-electron chi connectivity index (χ4n) is 1.86. The van der Waals surface area contributed by atoms with Gasteiger partial charge in [-0.25, -0.2) is 4.79 Å². The first-order valence-electron chi connectivity index (χ1n) is 6.17. The molecule has 0 amide bonds. The molecule has 0 saturated carbocycles. The van der Waals surface area contributed by atoms with Crippen molar-refractivity contribution in [2.24, 2.45) is 0 Å².